The van der Waals surface area contributed by atoms with Crippen molar-refractivity contribution >= 4 is 0 Å². The minimum atomic E-state index is -0.374. The van der Waals surface area contributed by atoms with E-state index in [1.807, 2.05) is 13.8 Å². The number of ether oxygens (including phenoxy) is 2. The molecule has 2 rings (SSSR count). The first-order chi connectivity index (χ1) is 12.5. The van der Waals surface area contributed by atoms with Gasteiger partial charge in [0.15, 0.2) is 0 Å². The third-order valence-corrected chi connectivity index (χ3v) is 4.57. The van der Waals surface area contributed by atoms with Gasteiger partial charge in [-0.1, -0.05) is 61.7 Å². The summed E-state index contributed by atoms with van der Waals surface area (Å²) < 4.78 is 11.7. The molecule has 0 unspecified atom stereocenters. The van der Waals surface area contributed by atoms with Crippen molar-refractivity contribution in [3.63, 3.8) is 0 Å². The summed E-state index contributed by atoms with van der Waals surface area (Å²) in [6.45, 7) is 19.7. The van der Waals surface area contributed by atoms with Gasteiger partial charge in [0.25, 0.3) is 0 Å². The summed E-state index contributed by atoms with van der Waals surface area (Å²) in [7, 11) is 0. The van der Waals surface area contributed by atoms with Gasteiger partial charge in [-0.2, -0.15) is 0 Å². The van der Waals surface area contributed by atoms with Crippen LogP contribution in [0, 0.1) is 0 Å². The fourth-order valence-corrected chi connectivity index (χ4v) is 3.27. The Bertz CT molecular complexity index is 724. The zero-order chi connectivity index (χ0) is 20.2. The lowest BCUT2D eigenvalue weighted by Gasteiger charge is -2.27. The fourth-order valence-electron chi connectivity index (χ4n) is 3.27. The molecule has 0 saturated heterocycles. The van der Waals surface area contributed by atoms with Crippen LogP contribution in [0.2, 0.25) is 0 Å². The Balaban J connectivity index is 2.09. The van der Waals surface area contributed by atoms with E-state index in [0.717, 1.165) is 29.1 Å². The van der Waals surface area contributed by atoms with Gasteiger partial charge in [-0.25, -0.2) is 0 Å². The van der Waals surface area contributed by atoms with Crippen molar-refractivity contribution in [3.05, 3.63) is 95.5 Å². The van der Waals surface area contributed by atoms with Crippen LogP contribution in [-0.4, -0.2) is 0 Å². The quantitative estimate of drug-likeness (QED) is 0.477. The molecule has 0 saturated carbocycles. The fraction of sp³-hybridized carbons (Fsp3) is 0.360. The molecule has 0 radical (unpaired) electrons. The first kappa shape index (κ1) is 20.8. The Labute approximate surface area is 164 Å². The van der Waals surface area contributed by atoms with Gasteiger partial charge in [-0.15, -0.1) is 0 Å². The lowest BCUT2D eigenvalue weighted by molar-refractivity contribution is 0.0333. The smallest absolute Gasteiger partial charge is 0.128 e. The molecule has 0 fully saturated rings. The van der Waals surface area contributed by atoms with E-state index >= 15 is 0 Å². The molecule has 2 nitrogen and oxygen atoms in total. The lowest BCUT2D eigenvalue weighted by Crippen LogP contribution is -2.20. The molecule has 0 aromatic heterocycles. The van der Waals surface area contributed by atoms with Crippen LogP contribution in [0.3, 0.4) is 0 Å². The molecule has 144 valence electrons. The molecule has 0 aliphatic rings. The van der Waals surface area contributed by atoms with Crippen molar-refractivity contribution in [2.24, 2.45) is 0 Å². The van der Waals surface area contributed by atoms with Gasteiger partial charge in [0.1, 0.15) is 11.2 Å². The number of rotatable bonds is 8. The average Bonchev–Trinajstić information content (AvgIpc) is 2.53. The summed E-state index contributed by atoms with van der Waals surface area (Å²) in [6, 6.07) is 17.2. The molecule has 0 aliphatic heterocycles. The zero-order valence-electron chi connectivity index (χ0n) is 17.6. The van der Waals surface area contributed by atoms with Crippen LogP contribution in [0.5, 0.6) is 0 Å². The van der Waals surface area contributed by atoms with Crippen LogP contribution in [0.15, 0.2) is 73.2 Å². The SMILES string of the molecule is C=C(C)OC(C)(C)c1ccc(Cc2ccc(C(C)(C)OC(=C)C)cc2)cc1. The van der Waals surface area contributed by atoms with Gasteiger partial charge in [0, 0.05) is 0 Å². The molecule has 0 spiro atoms. The van der Waals surface area contributed by atoms with Crippen LogP contribution < -0.4 is 0 Å². The first-order valence-electron chi connectivity index (χ1n) is 9.37. The third kappa shape index (κ3) is 5.75. The van der Waals surface area contributed by atoms with Gasteiger partial charge >= 0.3 is 0 Å². The Morgan fingerprint density at radius 1 is 0.667 bits per heavy atom. The van der Waals surface area contributed by atoms with E-state index < -0.39 is 0 Å². The van der Waals surface area contributed by atoms with Crippen molar-refractivity contribution in [1.29, 1.82) is 0 Å². The average molecular weight is 365 g/mol. The van der Waals surface area contributed by atoms with Gasteiger partial charge in [-0.3, -0.25) is 0 Å². The van der Waals surface area contributed by atoms with Crippen LogP contribution in [0.4, 0.5) is 0 Å². The number of hydrogen-bond donors (Lipinski definition) is 0. The summed E-state index contributed by atoms with van der Waals surface area (Å²) >= 11 is 0. The van der Waals surface area contributed by atoms with Crippen molar-refractivity contribution in [2.45, 2.75) is 59.2 Å². The lowest BCUT2D eigenvalue weighted by atomic mass is 9.93. The third-order valence-electron chi connectivity index (χ3n) is 4.57. The molecule has 0 N–H and O–H groups in total. The standard InChI is InChI=1S/C25H32O2/c1-18(2)26-24(5,6)22-13-9-20(10-14-22)17-21-11-15-23(16-12-21)25(7,8)27-19(3)4/h9-16H,1,3,17H2,2,4-8H3. The molecule has 0 amide bonds. The number of hydrogen-bond acceptors (Lipinski definition) is 2. The minimum absolute atomic E-state index is 0.374. The van der Waals surface area contributed by atoms with Gasteiger partial charge in [-0.05, 0) is 70.2 Å². The topological polar surface area (TPSA) is 18.5 Å². The molecule has 27 heavy (non-hydrogen) atoms. The summed E-state index contributed by atoms with van der Waals surface area (Å²) in [4.78, 5) is 0. The Kier molecular flexibility index (Phi) is 6.20. The number of allylic oxidation sites excluding steroid dienone is 2. The van der Waals surface area contributed by atoms with Crippen LogP contribution in [-0.2, 0) is 27.1 Å². The van der Waals surface area contributed by atoms with Crippen molar-refractivity contribution < 1.29 is 9.47 Å². The largest absolute Gasteiger partial charge is 0.488 e. The molecular formula is C25H32O2. The predicted octanol–water partition coefficient (Wildman–Crippen LogP) is 6.85. The molecule has 2 aromatic rings. The Hall–Kier alpha value is -2.48. The molecule has 0 atom stereocenters. The van der Waals surface area contributed by atoms with E-state index in [1.165, 1.54) is 11.1 Å². The van der Waals surface area contributed by atoms with E-state index in [2.05, 4.69) is 89.4 Å². The monoisotopic (exact) mass is 364 g/mol. The van der Waals surface area contributed by atoms with Crippen LogP contribution in [0.1, 0.15) is 63.8 Å². The maximum absolute atomic E-state index is 5.84. The van der Waals surface area contributed by atoms with Crippen molar-refractivity contribution in [1.82, 2.24) is 0 Å². The molecular weight excluding hydrogens is 332 g/mol. The normalized spacial score (nSPS) is 11.8. The second-order valence-corrected chi connectivity index (χ2v) is 8.20. The van der Waals surface area contributed by atoms with Crippen molar-refractivity contribution in [2.75, 3.05) is 0 Å². The highest BCUT2D eigenvalue weighted by molar-refractivity contribution is 5.33. The van der Waals surface area contributed by atoms with Gasteiger partial charge < -0.3 is 9.47 Å². The van der Waals surface area contributed by atoms with E-state index in [9.17, 15) is 0 Å². The number of benzene rings is 2. The Morgan fingerprint density at radius 2 is 0.963 bits per heavy atom. The zero-order valence-corrected chi connectivity index (χ0v) is 17.6. The highest BCUT2D eigenvalue weighted by Crippen LogP contribution is 2.29. The van der Waals surface area contributed by atoms with Gasteiger partial charge in [0.05, 0.1) is 11.5 Å². The highest BCUT2D eigenvalue weighted by Gasteiger charge is 2.23. The van der Waals surface area contributed by atoms with Crippen LogP contribution in [0.25, 0.3) is 0 Å². The van der Waals surface area contributed by atoms with E-state index in [-0.39, 0.29) is 11.2 Å². The summed E-state index contributed by atoms with van der Waals surface area (Å²) in [5.41, 5.74) is 4.08. The predicted molar refractivity (Wildman–Crippen MR) is 114 cm³/mol. The molecule has 0 bridgehead atoms. The first-order valence-corrected chi connectivity index (χ1v) is 9.37. The molecule has 2 aromatic carbocycles. The highest BCUT2D eigenvalue weighted by atomic mass is 16.5. The van der Waals surface area contributed by atoms with Crippen LogP contribution >= 0.6 is 0 Å². The molecule has 2 heteroatoms. The van der Waals surface area contributed by atoms with Gasteiger partial charge in [0.2, 0.25) is 0 Å². The second kappa shape index (κ2) is 8.04. The summed E-state index contributed by atoms with van der Waals surface area (Å²) in [5.74, 6) is 1.45. The summed E-state index contributed by atoms with van der Waals surface area (Å²) in [5, 5.41) is 0. The summed E-state index contributed by atoms with van der Waals surface area (Å²) in [6.07, 6.45) is 0.893. The molecule has 0 aliphatic carbocycles. The maximum Gasteiger partial charge on any atom is 0.128 e. The second-order valence-electron chi connectivity index (χ2n) is 8.20. The van der Waals surface area contributed by atoms with E-state index in [0.29, 0.717) is 0 Å². The molecule has 0 heterocycles. The maximum atomic E-state index is 5.84. The van der Waals surface area contributed by atoms with E-state index in [4.69, 9.17) is 9.47 Å². The van der Waals surface area contributed by atoms with Crippen molar-refractivity contribution in [3.8, 4) is 0 Å². The van der Waals surface area contributed by atoms with E-state index in [1.54, 1.807) is 0 Å². The Morgan fingerprint density at radius 3 is 1.22 bits per heavy atom. The minimum Gasteiger partial charge on any atom is -0.488 e.